The molecule has 0 aliphatic carbocycles. The van der Waals surface area contributed by atoms with Gasteiger partial charge in [-0.3, -0.25) is 9.59 Å². The van der Waals surface area contributed by atoms with Crippen molar-refractivity contribution in [2.45, 2.75) is 40.5 Å². The van der Waals surface area contributed by atoms with E-state index in [0.717, 1.165) is 15.8 Å². The van der Waals surface area contributed by atoms with E-state index in [2.05, 4.69) is 10.3 Å². The van der Waals surface area contributed by atoms with Crippen LogP contribution in [0.15, 0.2) is 18.2 Å². The van der Waals surface area contributed by atoms with Gasteiger partial charge in [-0.2, -0.15) is 0 Å². The minimum absolute atomic E-state index is 0.0135. The lowest BCUT2D eigenvalue weighted by Crippen LogP contribution is -2.45. The molecule has 6 heteroatoms. The Morgan fingerprint density at radius 3 is 2.52 bits per heavy atom. The third-order valence-electron chi connectivity index (χ3n) is 4.65. The van der Waals surface area contributed by atoms with Gasteiger partial charge in [-0.25, -0.2) is 4.98 Å². The number of hydrogen-bond donors (Lipinski definition) is 1. The molecule has 2 heterocycles. The summed E-state index contributed by atoms with van der Waals surface area (Å²) in [6.07, 6.45) is 1.41. The summed E-state index contributed by atoms with van der Waals surface area (Å²) in [6.45, 7) is 9.12. The Bertz CT molecular complexity index is 799. The van der Waals surface area contributed by atoms with Crippen molar-refractivity contribution >= 4 is 38.5 Å². The molecule has 3 rings (SSSR count). The second-order valence-corrected chi connectivity index (χ2v) is 8.78. The van der Waals surface area contributed by atoms with Gasteiger partial charge in [-0.15, -0.1) is 0 Å². The fraction of sp³-hybridized carbons (Fsp3) is 0.526. The highest BCUT2D eigenvalue weighted by atomic mass is 32.1. The van der Waals surface area contributed by atoms with Crippen molar-refractivity contribution < 1.29 is 9.59 Å². The van der Waals surface area contributed by atoms with Crippen molar-refractivity contribution in [1.29, 1.82) is 0 Å². The summed E-state index contributed by atoms with van der Waals surface area (Å²) in [4.78, 5) is 31.3. The number of nitrogens with one attached hydrogen (secondary N) is 1. The smallest absolute Gasteiger partial charge is 0.229 e. The first kappa shape index (κ1) is 17.9. The maximum atomic E-state index is 12.6. The number of rotatable bonds is 2. The van der Waals surface area contributed by atoms with E-state index in [1.807, 2.05) is 50.8 Å². The van der Waals surface area contributed by atoms with Crippen molar-refractivity contribution in [2.75, 3.05) is 18.4 Å². The lowest BCUT2D eigenvalue weighted by Gasteiger charge is -2.35. The van der Waals surface area contributed by atoms with Crippen LogP contribution in [0.25, 0.3) is 10.2 Å². The van der Waals surface area contributed by atoms with Crippen LogP contribution in [0.4, 0.5) is 5.13 Å². The van der Waals surface area contributed by atoms with E-state index in [4.69, 9.17) is 0 Å². The number of nitrogens with zero attached hydrogens (tertiary/aromatic N) is 2. The maximum absolute atomic E-state index is 12.6. The van der Waals surface area contributed by atoms with Crippen molar-refractivity contribution in [3.63, 3.8) is 0 Å². The van der Waals surface area contributed by atoms with Crippen LogP contribution >= 0.6 is 11.3 Å². The van der Waals surface area contributed by atoms with Crippen molar-refractivity contribution in [2.24, 2.45) is 11.3 Å². The molecule has 25 heavy (non-hydrogen) atoms. The Labute approximate surface area is 152 Å². The monoisotopic (exact) mass is 359 g/mol. The summed E-state index contributed by atoms with van der Waals surface area (Å²) < 4.78 is 1.08. The van der Waals surface area contributed by atoms with Gasteiger partial charge in [0, 0.05) is 24.4 Å². The molecular formula is C19H25N3O2S. The van der Waals surface area contributed by atoms with Crippen molar-refractivity contribution in [1.82, 2.24) is 9.88 Å². The zero-order valence-electron chi connectivity index (χ0n) is 15.3. The number of fused-ring (bicyclic) bond motifs is 1. The second kappa shape index (κ2) is 6.75. The molecule has 1 aromatic heterocycles. The predicted molar refractivity (Wildman–Crippen MR) is 102 cm³/mol. The molecule has 134 valence electrons. The average Bonchev–Trinajstić information content (AvgIpc) is 2.97. The standard InChI is InChI=1S/C19H25N3O2S/c1-12-6-5-7-14-15(12)20-18(25-14)21-16(23)13-8-10-22(11-9-13)17(24)19(2,3)4/h5-7,13H,8-11H2,1-4H3,(H,20,21,23). The predicted octanol–water partition coefficient (Wildman–Crippen LogP) is 3.83. The number of para-hydroxylation sites is 1. The van der Waals surface area contributed by atoms with Gasteiger partial charge in [0.2, 0.25) is 11.8 Å². The molecule has 0 spiro atoms. The number of benzene rings is 1. The van der Waals surface area contributed by atoms with Crippen molar-refractivity contribution in [3.8, 4) is 0 Å². The molecule has 5 nitrogen and oxygen atoms in total. The molecule has 0 unspecified atom stereocenters. The van der Waals surface area contributed by atoms with E-state index in [0.29, 0.717) is 31.1 Å². The third kappa shape index (κ3) is 3.84. The van der Waals surface area contributed by atoms with Crippen LogP contribution in [0.1, 0.15) is 39.2 Å². The number of anilines is 1. The molecule has 1 aliphatic heterocycles. The van der Waals surface area contributed by atoms with Gasteiger partial charge in [0.05, 0.1) is 10.2 Å². The van der Waals surface area contributed by atoms with Gasteiger partial charge < -0.3 is 10.2 Å². The van der Waals surface area contributed by atoms with Gasteiger partial charge >= 0.3 is 0 Å². The summed E-state index contributed by atoms with van der Waals surface area (Å²) in [7, 11) is 0. The highest BCUT2D eigenvalue weighted by molar-refractivity contribution is 7.22. The Morgan fingerprint density at radius 1 is 1.24 bits per heavy atom. The van der Waals surface area contributed by atoms with Gasteiger partial charge in [0.15, 0.2) is 5.13 Å². The molecule has 2 aromatic rings. The minimum atomic E-state index is -0.367. The lowest BCUT2D eigenvalue weighted by molar-refractivity contribution is -0.142. The number of amides is 2. The van der Waals surface area contributed by atoms with Crippen LogP contribution in [0, 0.1) is 18.3 Å². The SMILES string of the molecule is Cc1cccc2sc(NC(=O)C3CCN(C(=O)C(C)(C)C)CC3)nc12. The number of carbonyl (C=O) groups excluding carboxylic acids is 2. The molecule has 0 bridgehead atoms. The number of thiazole rings is 1. The molecule has 2 amide bonds. The molecule has 1 aliphatic rings. The first-order valence-corrected chi connectivity index (χ1v) is 9.54. The van der Waals surface area contributed by atoms with Crippen LogP contribution in [0.2, 0.25) is 0 Å². The molecule has 1 saturated heterocycles. The van der Waals surface area contributed by atoms with Crippen LogP contribution in [0.3, 0.4) is 0 Å². The summed E-state index contributed by atoms with van der Waals surface area (Å²) in [5.74, 6) is 0.115. The van der Waals surface area contributed by atoms with Gasteiger partial charge in [0.1, 0.15) is 0 Å². The number of hydrogen-bond acceptors (Lipinski definition) is 4. The summed E-state index contributed by atoms with van der Waals surface area (Å²) in [5.41, 5.74) is 1.70. The highest BCUT2D eigenvalue weighted by Gasteiger charge is 2.32. The second-order valence-electron chi connectivity index (χ2n) is 7.75. The van der Waals surface area contributed by atoms with E-state index in [1.165, 1.54) is 11.3 Å². The third-order valence-corrected chi connectivity index (χ3v) is 5.58. The largest absolute Gasteiger partial charge is 0.342 e. The molecule has 0 radical (unpaired) electrons. The zero-order chi connectivity index (χ0) is 18.2. The van der Waals surface area contributed by atoms with E-state index < -0.39 is 0 Å². The van der Waals surface area contributed by atoms with Crippen LogP contribution in [-0.4, -0.2) is 34.8 Å². The topological polar surface area (TPSA) is 62.3 Å². The van der Waals surface area contributed by atoms with Crippen molar-refractivity contribution in [3.05, 3.63) is 23.8 Å². The number of carbonyl (C=O) groups is 2. The Balaban J connectivity index is 1.61. The molecule has 0 atom stereocenters. The number of aryl methyl sites for hydroxylation is 1. The number of aromatic nitrogens is 1. The quantitative estimate of drug-likeness (QED) is 0.886. The van der Waals surface area contributed by atoms with Gasteiger partial charge in [0.25, 0.3) is 0 Å². The van der Waals surface area contributed by atoms with Gasteiger partial charge in [-0.05, 0) is 31.4 Å². The normalized spacial score (nSPS) is 16.2. The summed E-state index contributed by atoms with van der Waals surface area (Å²) >= 11 is 1.50. The minimum Gasteiger partial charge on any atom is -0.342 e. The van der Waals surface area contributed by atoms with E-state index in [9.17, 15) is 9.59 Å². The van der Waals surface area contributed by atoms with E-state index in [-0.39, 0.29) is 23.1 Å². The van der Waals surface area contributed by atoms with Gasteiger partial charge in [-0.1, -0.05) is 44.2 Å². The number of likely N-dealkylation sites (tertiary alicyclic amines) is 1. The number of piperidine rings is 1. The molecular weight excluding hydrogens is 334 g/mol. The van der Waals surface area contributed by atoms with E-state index in [1.54, 1.807) is 0 Å². The lowest BCUT2D eigenvalue weighted by atomic mass is 9.91. The van der Waals surface area contributed by atoms with Crippen LogP contribution < -0.4 is 5.32 Å². The molecule has 1 aromatic carbocycles. The maximum Gasteiger partial charge on any atom is 0.229 e. The summed E-state index contributed by atoms with van der Waals surface area (Å²) in [6, 6.07) is 6.05. The summed E-state index contributed by atoms with van der Waals surface area (Å²) in [5, 5.41) is 3.62. The average molecular weight is 359 g/mol. The van der Waals surface area contributed by atoms with Crippen LogP contribution in [0.5, 0.6) is 0 Å². The Hall–Kier alpha value is -1.95. The Kier molecular flexibility index (Phi) is 4.82. The Morgan fingerprint density at radius 2 is 1.92 bits per heavy atom. The fourth-order valence-corrected chi connectivity index (χ4v) is 4.11. The molecule has 1 N–H and O–H groups in total. The van der Waals surface area contributed by atoms with E-state index >= 15 is 0 Å². The first-order chi connectivity index (χ1) is 11.8. The molecule has 0 saturated carbocycles. The first-order valence-electron chi connectivity index (χ1n) is 8.72. The molecule has 1 fully saturated rings. The zero-order valence-corrected chi connectivity index (χ0v) is 16.1. The highest BCUT2D eigenvalue weighted by Crippen LogP contribution is 2.29. The van der Waals surface area contributed by atoms with Crippen LogP contribution in [-0.2, 0) is 9.59 Å². The fourth-order valence-electron chi connectivity index (χ4n) is 3.17.